The van der Waals surface area contributed by atoms with E-state index in [1.165, 1.54) is 11.8 Å². The molecule has 2 aliphatic rings. The molecule has 0 saturated heterocycles. The number of fused-ring (bicyclic) bond motifs is 1. The Morgan fingerprint density at radius 3 is 2.56 bits per heavy atom. The van der Waals surface area contributed by atoms with Gasteiger partial charge in [-0.15, -0.1) is 0 Å². The summed E-state index contributed by atoms with van der Waals surface area (Å²) in [5.74, 6) is -6.12. The summed E-state index contributed by atoms with van der Waals surface area (Å²) in [7, 11) is -3.36. The minimum Gasteiger partial charge on any atom is -0.479 e. The van der Waals surface area contributed by atoms with E-state index < -0.39 is 59.5 Å². The Labute approximate surface area is 140 Å². The maximum Gasteiger partial charge on any atom is 0.577 e. The predicted octanol–water partition coefficient (Wildman–Crippen LogP) is 1.62. The maximum atomic E-state index is 14.0. The van der Waals surface area contributed by atoms with Crippen molar-refractivity contribution in [3.8, 4) is 0 Å². The standard InChI is InChI=1S/C15H14BF4NO4/c1-2-25-15(14(23)24)6-21(7-3-4-7)12-8(13(15)22)5-9(17)11(18)10(12)16(19)20/h5,7H,2-4,6H2,1H3,(H,23,24). The van der Waals surface area contributed by atoms with Crippen LogP contribution in [0.3, 0.4) is 0 Å². The van der Waals surface area contributed by atoms with Crippen LogP contribution in [0, 0.1) is 11.6 Å². The lowest BCUT2D eigenvalue weighted by atomic mass is 9.76. The summed E-state index contributed by atoms with van der Waals surface area (Å²) in [4.78, 5) is 25.7. The third-order valence-corrected chi connectivity index (χ3v) is 4.46. The van der Waals surface area contributed by atoms with Gasteiger partial charge in [0.1, 0.15) is 0 Å². The highest BCUT2D eigenvalue weighted by molar-refractivity contribution is 6.62. The number of carbonyl (C=O) groups excluding carboxylic acids is 1. The highest BCUT2D eigenvalue weighted by atomic mass is 19.2. The number of benzene rings is 1. The lowest BCUT2D eigenvalue weighted by molar-refractivity contribution is -0.157. The molecule has 1 aliphatic carbocycles. The van der Waals surface area contributed by atoms with Crippen LogP contribution < -0.4 is 10.4 Å². The number of ether oxygens (including phenoxy) is 1. The van der Waals surface area contributed by atoms with Crippen molar-refractivity contribution in [1.82, 2.24) is 0 Å². The van der Waals surface area contributed by atoms with Crippen LogP contribution in [0.4, 0.5) is 23.1 Å². The largest absolute Gasteiger partial charge is 0.577 e. The molecule has 1 saturated carbocycles. The third kappa shape index (κ3) is 2.59. The van der Waals surface area contributed by atoms with Gasteiger partial charge in [-0.25, -0.2) is 13.6 Å². The van der Waals surface area contributed by atoms with Gasteiger partial charge in [0.25, 0.3) is 0 Å². The van der Waals surface area contributed by atoms with E-state index in [0.717, 1.165) is 0 Å². The van der Waals surface area contributed by atoms with Crippen molar-refractivity contribution in [3.05, 3.63) is 23.3 Å². The van der Waals surface area contributed by atoms with Crippen LogP contribution in [-0.2, 0) is 9.53 Å². The number of hydrogen-bond donors (Lipinski definition) is 1. The molecule has 0 radical (unpaired) electrons. The van der Waals surface area contributed by atoms with E-state index in [4.69, 9.17) is 4.74 Å². The topological polar surface area (TPSA) is 66.8 Å². The monoisotopic (exact) mass is 359 g/mol. The molecule has 0 aromatic heterocycles. The molecule has 0 spiro atoms. The van der Waals surface area contributed by atoms with Crippen molar-refractivity contribution in [1.29, 1.82) is 0 Å². The van der Waals surface area contributed by atoms with Gasteiger partial charge in [-0.05, 0) is 25.8 Å². The summed E-state index contributed by atoms with van der Waals surface area (Å²) in [6.07, 6.45) is 1.13. The van der Waals surface area contributed by atoms with Gasteiger partial charge in [-0.3, -0.25) is 13.4 Å². The minimum atomic E-state index is -3.36. The molecule has 25 heavy (non-hydrogen) atoms. The first-order chi connectivity index (χ1) is 11.7. The highest BCUT2D eigenvalue weighted by Gasteiger charge is 2.56. The van der Waals surface area contributed by atoms with E-state index in [-0.39, 0.29) is 12.6 Å². The number of halogens is 4. The molecular formula is C15H14BF4NO4. The fourth-order valence-corrected chi connectivity index (χ4v) is 3.21. The van der Waals surface area contributed by atoms with Gasteiger partial charge in [-0.2, -0.15) is 0 Å². The molecule has 1 unspecified atom stereocenters. The molecule has 10 heteroatoms. The van der Waals surface area contributed by atoms with E-state index in [1.54, 1.807) is 0 Å². The zero-order valence-corrected chi connectivity index (χ0v) is 13.2. The van der Waals surface area contributed by atoms with Crippen molar-refractivity contribution < 1.29 is 36.8 Å². The van der Waals surface area contributed by atoms with Crippen LogP contribution >= 0.6 is 0 Å². The molecular weight excluding hydrogens is 345 g/mol. The Morgan fingerprint density at radius 2 is 2.08 bits per heavy atom. The Morgan fingerprint density at radius 1 is 1.44 bits per heavy atom. The smallest absolute Gasteiger partial charge is 0.479 e. The molecule has 1 aliphatic heterocycles. The summed E-state index contributed by atoms with van der Waals surface area (Å²) in [6, 6.07) is 0.151. The number of carboxylic acids is 1. The van der Waals surface area contributed by atoms with Crippen molar-refractivity contribution in [2.75, 3.05) is 18.1 Å². The molecule has 1 aromatic rings. The number of ketones is 1. The molecule has 0 amide bonds. The van der Waals surface area contributed by atoms with Gasteiger partial charge >= 0.3 is 13.2 Å². The van der Waals surface area contributed by atoms with E-state index in [9.17, 15) is 32.1 Å². The van der Waals surface area contributed by atoms with Crippen molar-refractivity contribution >= 4 is 30.2 Å². The number of Topliss-reactive ketones (excluding diaryl/α,β-unsaturated/α-hetero) is 1. The number of rotatable bonds is 5. The van der Waals surface area contributed by atoms with Crippen molar-refractivity contribution in [2.45, 2.75) is 31.4 Å². The zero-order valence-electron chi connectivity index (χ0n) is 13.2. The molecule has 1 heterocycles. The van der Waals surface area contributed by atoms with E-state index in [1.807, 2.05) is 0 Å². The SMILES string of the molecule is CCOC1(C(=O)O)CN(C2CC2)c2c(cc(F)c(F)c2B(F)F)C1=O. The zero-order chi connectivity index (χ0) is 18.5. The lowest BCUT2D eigenvalue weighted by Gasteiger charge is -2.41. The number of carboxylic acid groups (broad SMARTS) is 1. The molecule has 1 aromatic carbocycles. The average Bonchev–Trinajstić information content (AvgIpc) is 3.36. The fourth-order valence-electron chi connectivity index (χ4n) is 3.21. The highest BCUT2D eigenvalue weighted by Crippen LogP contribution is 2.41. The van der Waals surface area contributed by atoms with Crippen LogP contribution in [0.2, 0.25) is 0 Å². The summed E-state index contributed by atoms with van der Waals surface area (Å²) in [6.45, 7) is 0.819. The molecule has 1 atom stereocenters. The minimum absolute atomic E-state index is 0.128. The first-order valence-corrected chi connectivity index (χ1v) is 7.73. The maximum absolute atomic E-state index is 14.0. The van der Waals surface area contributed by atoms with Gasteiger partial charge in [0.05, 0.1) is 17.7 Å². The van der Waals surface area contributed by atoms with E-state index in [2.05, 4.69) is 0 Å². The quantitative estimate of drug-likeness (QED) is 0.492. The normalized spacial score (nSPS) is 22.8. The van der Waals surface area contributed by atoms with Crippen LogP contribution in [0.15, 0.2) is 6.07 Å². The van der Waals surface area contributed by atoms with Gasteiger partial charge in [0.2, 0.25) is 11.4 Å². The molecule has 134 valence electrons. The van der Waals surface area contributed by atoms with E-state index >= 15 is 0 Å². The van der Waals surface area contributed by atoms with Crippen LogP contribution in [-0.4, -0.2) is 48.9 Å². The first-order valence-electron chi connectivity index (χ1n) is 7.73. The second kappa shape index (κ2) is 6.01. The Bertz CT molecular complexity index is 756. The summed E-state index contributed by atoms with van der Waals surface area (Å²) in [5.41, 5.74) is -4.58. The Balaban J connectivity index is 2.29. The second-order valence-corrected chi connectivity index (χ2v) is 6.04. The second-order valence-electron chi connectivity index (χ2n) is 6.04. The molecule has 5 nitrogen and oxygen atoms in total. The molecule has 3 rings (SSSR count). The third-order valence-electron chi connectivity index (χ3n) is 4.46. The van der Waals surface area contributed by atoms with E-state index in [0.29, 0.717) is 18.9 Å². The Hall–Kier alpha value is -2.10. The van der Waals surface area contributed by atoms with Crippen LogP contribution in [0.1, 0.15) is 30.1 Å². The number of aliphatic carboxylic acids is 1. The van der Waals surface area contributed by atoms with Crippen LogP contribution in [0.5, 0.6) is 0 Å². The van der Waals surface area contributed by atoms with Crippen molar-refractivity contribution in [2.24, 2.45) is 0 Å². The summed E-state index contributed by atoms with van der Waals surface area (Å²) in [5, 5.41) is 9.55. The predicted molar refractivity (Wildman–Crippen MR) is 80.7 cm³/mol. The van der Waals surface area contributed by atoms with Gasteiger partial charge in [0.15, 0.2) is 11.6 Å². The Kier molecular flexibility index (Phi) is 4.26. The summed E-state index contributed by atoms with van der Waals surface area (Å²) >= 11 is 0. The summed E-state index contributed by atoms with van der Waals surface area (Å²) < 4.78 is 59.8. The fraction of sp³-hybridized carbons (Fsp3) is 0.467. The molecule has 0 bridgehead atoms. The number of hydrogen-bond acceptors (Lipinski definition) is 4. The number of anilines is 1. The molecule has 1 N–H and O–H groups in total. The van der Waals surface area contributed by atoms with Crippen LogP contribution in [0.25, 0.3) is 0 Å². The first kappa shape index (κ1) is 17.7. The average molecular weight is 359 g/mol. The van der Waals surface area contributed by atoms with Gasteiger partial charge in [0, 0.05) is 18.2 Å². The van der Waals surface area contributed by atoms with Gasteiger partial charge in [-0.1, -0.05) is 0 Å². The number of carbonyl (C=O) groups is 2. The van der Waals surface area contributed by atoms with Crippen molar-refractivity contribution in [3.63, 3.8) is 0 Å². The lowest BCUT2D eigenvalue weighted by Crippen LogP contribution is -2.62. The number of nitrogens with zero attached hydrogens (tertiary/aromatic N) is 1. The molecule has 1 fully saturated rings. The van der Waals surface area contributed by atoms with Gasteiger partial charge < -0.3 is 14.7 Å².